The van der Waals surface area contributed by atoms with Gasteiger partial charge in [-0.15, -0.1) is 0 Å². The summed E-state index contributed by atoms with van der Waals surface area (Å²) in [4.78, 5) is 2.51. The largest absolute Gasteiger partial charge is 0.308 e. The predicted molar refractivity (Wildman–Crippen MR) is 77.7 cm³/mol. The van der Waals surface area contributed by atoms with Crippen molar-refractivity contribution in [1.82, 2.24) is 10.2 Å². The molecule has 2 unspecified atom stereocenters. The lowest BCUT2D eigenvalue weighted by Crippen LogP contribution is -2.39. The van der Waals surface area contributed by atoms with Crippen molar-refractivity contribution in [2.45, 2.75) is 45.2 Å². The highest BCUT2D eigenvalue weighted by atomic mass is 19.1. The van der Waals surface area contributed by atoms with E-state index < -0.39 is 0 Å². The maximum Gasteiger partial charge on any atom is 0.127 e. The van der Waals surface area contributed by atoms with Gasteiger partial charge in [0.25, 0.3) is 0 Å². The summed E-state index contributed by atoms with van der Waals surface area (Å²) in [6.07, 6.45) is 3.54. The van der Waals surface area contributed by atoms with Gasteiger partial charge in [0.15, 0.2) is 0 Å². The number of hydrogen-bond acceptors (Lipinski definition) is 2. The van der Waals surface area contributed by atoms with Gasteiger partial charge in [0.1, 0.15) is 5.82 Å². The van der Waals surface area contributed by atoms with Gasteiger partial charge in [-0.2, -0.15) is 0 Å². The van der Waals surface area contributed by atoms with Gasteiger partial charge in [0, 0.05) is 24.2 Å². The predicted octanol–water partition coefficient (Wildman–Crippen LogP) is 3.35. The van der Waals surface area contributed by atoms with Crippen molar-refractivity contribution in [3.63, 3.8) is 0 Å². The Labute approximate surface area is 116 Å². The van der Waals surface area contributed by atoms with Crippen LogP contribution in [0.25, 0.3) is 0 Å². The SMILES string of the molecule is CCC(NCC(C)N1CCCC1)c1ccccc1F. The van der Waals surface area contributed by atoms with E-state index in [0.29, 0.717) is 6.04 Å². The lowest BCUT2D eigenvalue weighted by Gasteiger charge is -2.27. The topological polar surface area (TPSA) is 15.3 Å². The number of halogens is 1. The molecule has 1 aliphatic rings. The molecule has 1 N–H and O–H groups in total. The number of nitrogens with one attached hydrogen (secondary N) is 1. The molecule has 2 atom stereocenters. The molecule has 3 heteroatoms. The third-order valence-corrected chi connectivity index (χ3v) is 4.11. The molecule has 0 radical (unpaired) electrons. The van der Waals surface area contributed by atoms with Gasteiger partial charge < -0.3 is 5.32 Å². The van der Waals surface area contributed by atoms with Gasteiger partial charge in [0.2, 0.25) is 0 Å². The summed E-state index contributed by atoms with van der Waals surface area (Å²) in [6.45, 7) is 7.70. The highest BCUT2D eigenvalue weighted by Gasteiger charge is 2.19. The third-order valence-electron chi connectivity index (χ3n) is 4.11. The van der Waals surface area contributed by atoms with Gasteiger partial charge in [-0.25, -0.2) is 4.39 Å². The third kappa shape index (κ3) is 3.77. The van der Waals surface area contributed by atoms with Crippen molar-refractivity contribution in [3.8, 4) is 0 Å². The molecule has 1 aliphatic heterocycles. The molecule has 0 amide bonds. The Morgan fingerprint density at radius 1 is 1.26 bits per heavy atom. The summed E-state index contributed by atoms with van der Waals surface area (Å²) < 4.78 is 13.8. The zero-order valence-electron chi connectivity index (χ0n) is 12.0. The summed E-state index contributed by atoms with van der Waals surface area (Å²) in [5.41, 5.74) is 0.790. The molecule has 1 fully saturated rings. The van der Waals surface area contributed by atoms with E-state index in [2.05, 4.69) is 24.1 Å². The van der Waals surface area contributed by atoms with E-state index in [4.69, 9.17) is 0 Å². The summed E-state index contributed by atoms with van der Waals surface area (Å²) in [5.74, 6) is -0.101. The molecule has 0 spiro atoms. The summed E-state index contributed by atoms with van der Waals surface area (Å²) in [6, 6.07) is 7.74. The zero-order chi connectivity index (χ0) is 13.7. The lowest BCUT2D eigenvalue weighted by molar-refractivity contribution is 0.244. The smallest absolute Gasteiger partial charge is 0.127 e. The molecule has 0 aliphatic carbocycles. The molecule has 2 rings (SSSR count). The molecule has 1 heterocycles. The van der Waals surface area contributed by atoms with Gasteiger partial charge in [0.05, 0.1) is 0 Å². The van der Waals surface area contributed by atoms with Crippen LogP contribution < -0.4 is 5.32 Å². The van der Waals surface area contributed by atoms with Crippen molar-refractivity contribution in [2.24, 2.45) is 0 Å². The normalized spacial score (nSPS) is 19.5. The first-order chi connectivity index (χ1) is 9.22. The molecule has 1 aromatic rings. The zero-order valence-corrected chi connectivity index (χ0v) is 12.0. The molecular formula is C16H25FN2. The van der Waals surface area contributed by atoms with E-state index >= 15 is 0 Å². The first kappa shape index (κ1) is 14.5. The molecule has 19 heavy (non-hydrogen) atoms. The van der Waals surface area contributed by atoms with Crippen LogP contribution in [0.1, 0.15) is 44.7 Å². The van der Waals surface area contributed by atoms with E-state index in [9.17, 15) is 4.39 Å². The van der Waals surface area contributed by atoms with Crippen LogP contribution in [0.5, 0.6) is 0 Å². The molecule has 1 aromatic carbocycles. The molecule has 0 saturated carbocycles. The van der Waals surface area contributed by atoms with Crippen LogP contribution in [-0.4, -0.2) is 30.6 Å². The fourth-order valence-electron chi connectivity index (χ4n) is 2.86. The average Bonchev–Trinajstić information content (AvgIpc) is 2.95. The van der Waals surface area contributed by atoms with Crippen molar-refractivity contribution in [2.75, 3.05) is 19.6 Å². The second kappa shape index (κ2) is 7.01. The minimum absolute atomic E-state index is 0.101. The monoisotopic (exact) mass is 264 g/mol. The Morgan fingerprint density at radius 3 is 2.58 bits per heavy atom. The Morgan fingerprint density at radius 2 is 1.95 bits per heavy atom. The second-order valence-corrected chi connectivity index (χ2v) is 5.48. The second-order valence-electron chi connectivity index (χ2n) is 5.48. The number of nitrogens with zero attached hydrogens (tertiary/aromatic N) is 1. The maximum atomic E-state index is 13.8. The molecule has 106 valence electrons. The number of rotatable bonds is 6. The van der Waals surface area contributed by atoms with Crippen molar-refractivity contribution < 1.29 is 4.39 Å². The molecule has 1 saturated heterocycles. The average molecular weight is 264 g/mol. The fraction of sp³-hybridized carbons (Fsp3) is 0.625. The first-order valence-electron chi connectivity index (χ1n) is 7.44. The lowest BCUT2D eigenvalue weighted by atomic mass is 10.0. The highest BCUT2D eigenvalue weighted by molar-refractivity contribution is 5.21. The Hall–Kier alpha value is -0.930. The van der Waals surface area contributed by atoms with Crippen molar-refractivity contribution in [3.05, 3.63) is 35.6 Å². The van der Waals surface area contributed by atoms with Crippen molar-refractivity contribution >= 4 is 0 Å². The Bertz CT molecular complexity index is 388. The quantitative estimate of drug-likeness (QED) is 0.847. The first-order valence-corrected chi connectivity index (χ1v) is 7.44. The van der Waals surface area contributed by atoms with Crippen LogP contribution in [0.2, 0.25) is 0 Å². The summed E-state index contributed by atoms with van der Waals surface area (Å²) >= 11 is 0. The Balaban J connectivity index is 1.90. The Kier molecular flexibility index (Phi) is 5.34. The molecule has 0 aromatic heterocycles. The van der Waals surface area contributed by atoms with E-state index in [-0.39, 0.29) is 11.9 Å². The molecule has 2 nitrogen and oxygen atoms in total. The number of benzene rings is 1. The summed E-state index contributed by atoms with van der Waals surface area (Å²) in [7, 11) is 0. The fourth-order valence-corrected chi connectivity index (χ4v) is 2.86. The van der Waals surface area contributed by atoms with Gasteiger partial charge >= 0.3 is 0 Å². The van der Waals surface area contributed by atoms with Crippen LogP contribution in [-0.2, 0) is 0 Å². The van der Waals surface area contributed by atoms with Crippen LogP contribution in [0, 0.1) is 5.82 Å². The van der Waals surface area contributed by atoms with Gasteiger partial charge in [-0.1, -0.05) is 25.1 Å². The van der Waals surface area contributed by atoms with Crippen LogP contribution >= 0.6 is 0 Å². The van der Waals surface area contributed by atoms with Crippen LogP contribution in [0.4, 0.5) is 4.39 Å². The van der Waals surface area contributed by atoms with E-state index in [0.717, 1.165) is 18.5 Å². The van der Waals surface area contributed by atoms with E-state index in [1.807, 2.05) is 12.1 Å². The molecular weight excluding hydrogens is 239 g/mol. The minimum Gasteiger partial charge on any atom is -0.308 e. The van der Waals surface area contributed by atoms with Gasteiger partial charge in [-0.05, 0) is 45.3 Å². The molecule has 0 bridgehead atoms. The van der Waals surface area contributed by atoms with E-state index in [1.165, 1.54) is 25.9 Å². The van der Waals surface area contributed by atoms with Crippen LogP contribution in [0.3, 0.4) is 0 Å². The standard InChI is InChI=1S/C16H25FN2/c1-3-16(14-8-4-5-9-15(14)17)18-12-13(2)19-10-6-7-11-19/h4-5,8-9,13,16,18H,3,6-7,10-12H2,1-2H3. The summed E-state index contributed by atoms with van der Waals surface area (Å²) in [5, 5.41) is 3.52. The number of likely N-dealkylation sites (tertiary alicyclic amines) is 1. The highest BCUT2D eigenvalue weighted by Crippen LogP contribution is 2.20. The van der Waals surface area contributed by atoms with Crippen molar-refractivity contribution in [1.29, 1.82) is 0 Å². The minimum atomic E-state index is -0.101. The van der Waals surface area contributed by atoms with E-state index in [1.54, 1.807) is 12.1 Å². The maximum absolute atomic E-state index is 13.8. The number of hydrogen-bond donors (Lipinski definition) is 1. The van der Waals surface area contributed by atoms with Crippen LogP contribution in [0.15, 0.2) is 24.3 Å². The van der Waals surface area contributed by atoms with Gasteiger partial charge in [-0.3, -0.25) is 4.90 Å².